The molecule has 2 aliphatic carbocycles. The van der Waals surface area contributed by atoms with E-state index in [4.69, 9.17) is 4.74 Å². The highest BCUT2D eigenvalue weighted by atomic mass is 16.5. The van der Waals surface area contributed by atoms with Crippen molar-refractivity contribution in [1.29, 1.82) is 0 Å². The van der Waals surface area contributed by atoms with Crippen molar-refractivity contribution in [2.45, 2.75) is 39.0 Å². The third-order valence-corrected chi connectivity index (χ3v) is 5.20. The molecule has 1 N–H and O–H groups in total. The van der Waals surface area contributed by atoms with Crippen molar-refractivity contribution < 1.29 is 19.1 Å². The molecule has 5 heteroatoms. The number of carbonyl (C=O) groups is 3. The molecule has 0 heterocycles. The highest BCUT2D eigenvalue weighted by molar-refractivity contribution is 5.98. The molecule has 1 amide bonds. The lowest BCUT2D eigenvalue weighted by Crippen LogP contribution is -2.19. The van der Waals surface area contributed by atoms with Crippen LogP contribution >= 0.6 is 0 Å². The minimum absolute atomic E-state index is 0.163. The Balaban J connectivity index is 1.44. The molecule has 5 nitrogen and oxygen atoms in total. The van der Waals surface area contributed by atoms with Gasteiger partial charge in [0.15, 0.2) is 12.4 Å². The fourth-order valence-electron chi connectivity index (χ4n) is 4.07. The Morgan fingerprint density at radius 3 is 2.46 bits per heavy atom. The van der Waals surface area contributed by atoms with Gasteiger partial charge in [-0.25, -0.2) is 0 Å². The third kappa shape index (κ3) is 4.02. The number of fused-ring (bicyclic) bond motifs is 2. The number of benzene rings is 1. The SMILES string of the molecule is CC(=O)Nc1ccc(C(=O)COC(=O)C[C@@H]2C[C@H]3CC[C@@H]2C3)cc1. The molecule has 0 unspecified atom stereocenters. The lowest BCUT2D eigenvalue weighted by atomic mass is 9.86. The lowest BCUT2D eigenvalue weighted by molar-refractivity contribution is -0.144. The molecule has 24 heavy (non-hydrogen) atoms. The van der Waals surface area contributed by atoms with Crippen molar-refractivity contribution in [2.24, 2.45) is 17.8 Å². The van der Waals surface area contributed by atoms with E-state index in [1.165, 1.54) is 26.2 Å². The summed E-state index contributed by atoms with van der Waals surface area (Å²) in [7, 11) is 0. The van der Waals surface area contributed by atoms with E-state index in [1.807, 2.05) is 0 Å². The molecule has 128 valence electrons. The van der Waals surface area contributed by atoms with E-state index in [9.17, 15) is 14.4 Å². The first kappa shape index (κ1) is 16.7. The third-order valence-electron chi connectivity index (χ3n) is 5.20. The highest BCUT2D eigenvalue weighted by Crippen LogP contribution is 2.49. The zero-order valence-electron chi connectivity index (χ0n) is 13.9. The van der Waals surface area contributed by atoms with Crippen molar-refractivity contribution in [3.05, 3.63) is 29.8 Å². The van der Waals surface area contributed by atoms with Crippen molar-refractivity contribution in [1.82, 2.24) is 0 Å². The Morgan fingerprint density at radius 2 is 1.88 bits per heavy atom. The number of hydrogen-bond acceptors (Lipinski definition) is 4. The molecule has 0 aliphatic heterocycles. The van der Waals surface area contributed by atoms with Gasteiger partial charge in [0.2, 0.25) is 5.91 Å². The van der Waals surface area contributed by atoms with E-state index in [0.717, 1.165) is 12.3 Å². The van der Waals surface area contributed by atoms with Gasteiger partial charge in [-0.05, 0) is 61.3 Å². The van der Waals surface area contributed by atoms with Crippen LogP contribution in [-0.4, -0.2) is 24.3 Å². The van der Waals surface area contributed by atoms with E-state index < -0.39 is 0 Å². The van der Waals surface area contributed by atoms with Crippen LogP contribution in [-0.2, 0) is 14.3 Å². The van der Waals surface area contributed by atoms with E-state index >= 15 is 0 Å². The quantitative estimate of drug-likeness (QED) is 0.642. The summed E-state index contributed by atoms with van der Waals surface area (Å²) in [5.41, 5.74) is 1.10. The number of Topliss-reactive ketones (excluding diaryl/α,β-unsaturated/α-hetero) is 1. The minimum atomic E-state index is -0.268. The normalized spacial score (nSPS) is 24.6. The van der Waals surface area contributed by atoms with Crippen LogP contribution in [0.1, 0.15) is 49.4 Å². The molecule has 0 spiro atoms. The van der Waals surface area contributed by atoms with Gasteiger partial charge in [-0.15, -0.1) is 0 Å². The number of anilines is 1. The molecular formula is C19H23NO4. The second-order valence-electron chi connectivity index (χ2n) is 6.98. The summed E-state index contributed by atoms with van der Waals surface area (Å²) >= 11 is 0. The predicted molar refractivity (Wildman–Crippen MR) is 89.6 cm³/mol. The first-order valence-corrected chi connectivity index (χ1v) is 8.57. The average molecular weight is 329 g/mol. The van der Waals surface area contributed by atoms with Crippen LogP contribution in [0.3, 0.4) is 0 Å². The van der Waals surface area contributed by atoms with E-state index in [0.29, 0.717) is 29.5 Å². The summed E-state index contributed by atoms with van der Waals surface area (Å²) in [6.07, 6.45) is 5.39. The van der Waals surface area contributed by atoms with Gasteiger partial charge in [0.1, 0.15) is 0 Å². The smallest absolute Gasteiger partial charge is 0.306 e. The van der Waals surface area contributed by atoms with Gasteiger partial charge < -0.3 is 10.1 Å². The van der Waals surface area contributed by atoms with E-state index in [-0.39, 0.29) is 24.3 Å². The van der Waals surface area contributed by atoms with Gasteiger partial charge in [-0.1, -0.05) is 6.42 Å². The topological polar surface area (TPSA) is 72.5 Å². The van der Waals surface area contributed by atoms with Gasteiger partial charge in [-0.2, -0.15) is 0 Å². The maximum atomic E-state index is 12.1. The van der Waals surface area contributed by atoms with Gasteiger partial charge in [0.05, 0.1) is 0 Å². The number of nitrogens with one attached hydrogen (secondary N) is 1. The number of ketones is 1. The fraction of sp³-hybridized carbons (Fsp3) is 0.526. The molecule has 0 saturated heterocycles. The van der Waals surface area contributed by atoms with Crippen LogP contribution in [0.5, 0.6) is 0 Å². The molecule has 2 bridgehead atoms. The van der Waals surface area contributed by atoms with Gasteiger partial charge in [0.25, 0.3) is 0 Å². The molecule has 1 aromatic rings. The Bertz CT molecular complexity index is 637. The number of rotatable bonds is 6. The summed E-state index contributed by atoms with van der Waals surface area (Å²) < 4.78 is 5.16. The maximum Gasteiger partial charge on any atom is 0.306 e. The largest absolute Gasteiger partial charge is 0.457 e. The van der Waals surface area contributed by atoms with Crippen LogP contribution in [0.4, 0.5) is 5.69 Å². The van der Waals surface area contributed by atoms with Crippen LogP contribution in [0.25, 0.3) is 0 Å². The zero-order chi connectivity index (χ0) is 17.1. The monoisotopic (exact) mass is 329 g/mol. The van der Waals surface area contributed by atoms with Gasteiger partial charge >= 0.3 is 5.97 Å². The second-order valence-corrected chi connectivity index (χ2v) is 6.98. The van der Waals surface area contributed by atoms with Crippen LogP contribution in [0.2, 0.25) is 0 Å². The number of ether oxygens (including phenoxy) is 1. The number of hydrogen-bond donors (Lipinski definition) is 1. The number of esters is 1. The molecule has 0 aromatic heterocycles. The summed E-state index contributed by atoms with van der Waals surface area (Å²) in [5.74, 6) is 1.27. The summed E-state index contributed by atoms with van der Waals surface area (Å²) in [6.45, 7) is 1.20. The van der Waals surface area contributed by atoms with Gasteiger partial charge in [-0.3, -0.25) is 14.4 Å². The fourth-order valence-corrected chi connectivity index (χ4v) is 4.07. The standard InChI is InChI=1S/C19H23NO4/c1-12(21)20-17-6-4-14(5-7-17)18(22)11-24-19(23)10-16-9-13-2-3-15(16)8-13/h4-7,13,15-16H,2-3,8-11H2,1H3,(H,20,21)/t13-,15+,16-/m0/s1. The predicted octanol–water partition coefficient (Wildman–Crippen LogP) is 3.20. The zero-order valence-corrected chi connectivity index (χ0v) is 13.9. The van der Waals surface area contributed by atoms with E-state index in [1.54, 1.807) is 24.3 Å². The average Bonchev–Trinajstić information content (AvgIpc) is 3.15. The van der Waals surface area contributed by atoms with Crippen LogP contribution in [0, 0.1) is 17.8 Å². The van der Waals surface area contributed by atoms with E-state index in [2.05, 4.69) is 5.32 Å². The van der Waals surface area contributed by atoms with Crippen molar-refractivity contribution in [2.75, 3.05) is 11.9 Å². The number of amides is 1. The van der Waals surface area contributed by atoms with Crippen LogP contribution in [0.15, 0.2) is 24.3 Å². The van der Waals surface area contributed by atoms with Gasteiger partial charge in [0, 0.05) is 24.6 Å². The summed E-state index contributed by atoms with van der Waals surface area (Å²) in [6, 6.07) is 6.56. The maximum absolute atomic E-state index is 12.1. The molecular weight excluding hydrogens is 306 g/mol. The molecule has 3 rings (SSSR count). The molecule has 2 fully saturated rings. The highest BCUT2D eigenvalue weighted by Gasteiger charge is 2.40. The lowest BCUT2D eigenvalue weighted by Gasteiger charge is -2.20. The Labute approximate surface area is 141 Å². The van der Waals surface area contributed by atoms with Crippen molar-refractivity contribution >= 4 is 23.3 Å². The second kappa shape index (κ2) is 7.16. The Kier molecular flexibility index (Phi) is 4.97. The Hall–Kier alpha value is -2.17. The molecule has 1 aromatic carbocycles. The Morgan fingerprint density at radius 1 is 1.12 bits per heavy atom. The molecule has 0 radical (unpaired) electrons. The molecule has 2 saturated carbocycles. The summed E-state index contributed by atoms with van der Waals surface area (Å²) in [5, 5.41) is 2.64. The minimum Gasteiger partial charge on any atom is -0.457 e. The first-order valence-electron chi connectivity index (χ1n) is 8.57. The van der Waals surface area contributed by atoms with Crippen molar-refractivity contribution in [3.63, 3.8) is 0 Å². The molecule has 3 atom stereocenters. The summed E-state index contributed by atoms with van der Waals surface area (Å²) in [4.78, 5) is 35.0. The van der Waals surface area contributed by atoms with Crippen molar-refractivity contribution in [3.8, 4) is 0 Å². The van der Waals surface area contributed by atoms with Crippen LogP contribution < -0.4 is 5.32 Å². The molecule has 2 aliphatic rings. The number of carbonyl (C=O) groups excluding carboxylic acids is 3. The first-order chi connectivity index (χ1) is 11.5.